The van der Waals surface area contributed by atoms with Crippen LogP contribution in [0.2, 0.25) is 5.02 Å². The lowest BCUT2D eigenvalue weighted by molar-refractivity contribution is -0.0284. The van der Waals surface area contributed by atoms with E-state index in [2.05, 4.69) is 89.8 Å². The van der Waals surface area contributed by atoms with Crippen LogP contribution in [0, 0.1) is 0 Å². The number of para-hydroxylation sites is 2. The number of amidine groups is 1. The molecule has 46 heavy (non-hydrogen) atoms. The number of oxime groups is 1. The van der Waals surface area contributed by atoms with Gasteiger partial charge < -0.3 is 9.57 Å². The van der Waals surface area contributed by atoms with Gasteiger partial charge >= 0.3 is 0 Å². The highest BCUT2D eigenvalue weighted by Crippen LogP contribution is 2.57. The second-order valence-electron chi connectivity index (χ2n) is 11.1. The fraction of sp³-hybridized carbons (Fsp3) is 0.105. The Labute approximate surface area is 281 Å². The molecule has 0 fully saturated rings. The van der Waals surface area contributed by atoms with Crippen LogP contribution in [0.25, 0.3) is 10.9 Å². The van der Waals surface area contributed by atoms with Crippen molar-refractivity contribution >= 4 is 57.6 Å². The first-order valence-corrected chi connectivity index (χ1v) is 17.0. The van der Waals surface area contributed by atoms with Crippen molar-refractivity contribution in [1.29, 1.82) is 0 Å². The minimum atomic E-state index is -0.954. The maximum absolute atomic E-state index is 6.73. The molecule has 5 aromatic carbocycles. The van der Waals surface area contributed by atoms with Gasteiger partial charge in [0.15, 0.2) is 5.84 Å². The third kappa shape index (κ3) is 5.18. The Hall–Kier alpha value is -4.43. The maximum Gasteiger partial charge on any atom is 0.242 e. The van der Waals surface area contributed by atoms with Crippen molar-refractivity contribution in [3.8, 4) is 5.75 Å². The highest BCUT2D eigenvalue weighted by Gasteiger charge is 2.53. The van der Waals surface area contributed by atoms with Crippen LogP contribution in [0.5, 0.6) is 5.75 Å². The van der Waals surface area contributed by atoms with Crippen molar-refractivity contribution in [2.45, 2.75) is 32.2 Å². The third-order valence-electron chi connectivity index (χ3n) is 8.36. The van der Waals surface area contributed by atoms with Gasteiger partial charge in [-0.15, -0.1) is 11.8 Å². The van der Waals surface area contributed by atoms with Gasteiger partial charge in [-0.3, -0.25) is 4.90 Å². The molecule has 0 saturated heterocycles. The molecule has 0 radical (unpaired) electrons. The number of benzene rings is 5. The van der Waals surface area contributed by atoms with Gasteiger partial charge in [-0.2, -0.15) is 0 Å². The molecule has 8 heteroatoms. The topological polar surface area (TPSA) is 47.0 Å². The number of hydrogen-bond acceptors (Lipinski definition) is 7. The summed E-state index contributed by atoms with van der Waals surface area (Å²) in [6, 6.07) is 45.5. The summed E-state index contributed by atoms with van der Waals surface area (Å²) in [5.41, 5.74) is 4.11. The van der Waals surface area contributed by atoms with Gasteiger partial charge in [0.2, 0.25) is 5.72 Å². The second kappa shape index (κ2) is 12.1. The number of halogens is 1. The molecule has 6 aromatic rings. The van der Waals surface area contributed by atoms with E-state index in [4.69, 9.17) is 31.3 Å². The molecule has 0 aliphatic carbocycles. The van der Waals surface area contributed by atoms with E-state index in [1.807, 2.05) is 60.3 Å². The highest BCUT2D eigenvalue weighted by molar-refractivity contribution is 8.00. The summed E-state index contributed by atoms with van der Waals surface area (Å²) in [6.45, 7) is 0. The minimum Gasteiger partial charge on any atom is -0.497 e. The summed E-state index contributed by atoms with van der Waals surface area (Å²) in [7, 11) is 1.67. The molecule has 0 saturated carbocycles. The van der Waals surface area contributed by atoms with E-state index in [1.54, 1.807) is 18.9 Å². The quantitative estimate of drug-likeness (QED) is 0.178. The van der Waals surface area contributed by atoms with Crippen LogP contribution >= 0.6 is 35.1 Å². The first-order chi connectivity index (χ1) is 22.6. The Morgan fingerprint density at radius 3 is 2.41 bits per heavy atom. The monoisotopic (exact) mass is 657 g/mol. The van der Waals surface area contributed by atoms with Crippen molar-refractivity contribution in [3.05, 3.63) is 155 Å². The molecular weight excluding hydrogens is 630 g/mol. The van der Waals surface area contributed by atoms with E-state index >= 15 is 0 Å². The number of thioether (sulfide) groups is 1. The Morgan fingerprint density at radius 2 is 1.61 bits per heavy atom. The standard InChI is InChI=1S/C38H28ClN3O2S2/c1-43-29-21-15-25(16-22-29)36-41-44-38(27-17-19-28(39)20-18-27)24-35(46-34-14-8-7-13-33(34)42(36)38)31-23-26-9-5-6-12-32(26)40-37(31)45-30-10-3-2-4-11-30/h2-23,35H,24H2,1H3. The van der Waals surface area contributed by atoms with Crippen molar-refractivity contribution in [1.82, 2.24) is 4.98 Å². The minimum absolute atomic E-state index is 0.0319. The zero-order valence-corrected chi connectivity index (χ0v) is 27.2. The number of rotatable bonds is 6. The molecule has 1 aromatic heterocycles. The van der Waals surface area contributed by atoms with Crippen LogP contribution in [0.4, 0.5) is 5.69 Å². The second-order valence-corrected chi connectivity index (χ2v) is 13.9. The summed E-state index contributed by atoms with van der Waals surface area (Å²) in [5, 5.41) is 7.55. The predicted octanol–water partition coefficient (Wildman–Crippen LogP) is 10.3. The summed E-state index contributed by atoms with van der Waals surface area (Å²) in [4.78, 5) is 16.5. The molecular formula is C38H28ClN3O2S2. The van der Waals surface area contributed by atoms with Gasteiger partial charge in [-0.05, 0) is 78.4 Å². The first-order valence-electron chi connectivity index (χ1n) is 15.0. The lowest BCUT2D eigenvalue weighted by Gasteiger charge is -2.38. The van der Waals surface area contributed by atoms with E-state index in [0.717, 1.165) is 59.7 Å². The number of anilines is 1. The molecule has 0 spiro atoms. The molecule has 8 rings (SSSR count). The van der Waals surface area contributed by atoms with Gasteiger partial charge in [0, 0.05) is 43.0 Å². The van der Waals surface area contributed by atoms with E-state index in [1.165, 1.54) is 0 Å². The average Bonchev–Trinajstić information content (AvgIpc) is 3.41. The fourth-order valence-corrected chi connectivity index (χ4v) is 8.67. The summed E-state index contributed by atoms with van der Waals surface area (Å²) in [5.74, 6) is 1.52. The Morgan fingerprint density at radius 1 is 0.870 bits per heavy atom. The maximum atomic E-state index is 6.73. The fourth-order valence-electron chi connectivity index (χ4n) is 6.13. The smallest absolute Gasteiger partial charge is 0.242 e. The Bertz CT molecular complexity index is 2070. The summed E-state index contributed by atoms with van der Waals surface area (Å²) in [6.07, 6.45) is 0.597. The number of aromatic nitrogens is 1. The van der Waals surface area contributed by atoms with Crippen molar-refractivity contribution in [3.63, 3.8) is 0 Å². The summed E-state index contributed by atoms with van der Waals surface area (Å²) >= 11 is 9.97. The molecule has 0 N–H and O–H groups in total. The molecule has 226 valence electrons. The SMILES string of the molecule is COc1ccc(C2=NOC3(c4ccc(Cl)cc4)CC(c4cc5ccccc5nc4Sc4ccccc4)Sc4ccccc4N23)cc1. The lowest BCUT2D eigenvalue weighted by atomic mass is 9.92. The number of ether oxygens (including phenoxy) is 1. The number of hydrogen-bond donors (Lipinski definition) is 0. The van der Waals surface area contributed by atoms with Crippen molar-refractivity contribution in [2.75, 3.05) is 12.0 Å². The van der Waals surface area contributed by atoms with Crippen LogP contribution in [-0.4, -0.2) is 17.9 Å². The molecule has 3 heterocycles. The van der Waals surface area contributed by atoms with Crippen molar-refractivity contribution in [2.24, 2.45) is 5.16 Å². The molecule has 2 unspecified atom stereocenters. The van der Waals surface area contributed by atoms with Gasteiger partial charge in [0.1, 0.15) is 10.8 Å². The average molecular weight is 658 g/mol. The highest BCUT2D eigenvalue weighted by atomic mass is 35.5. The van der Waals surface area contributed by atoms with Gasteiger partial charge in [0.05, 0.1) is 18.3 Å². The first kappa shape index (κ1) is 29.0. The number of fused-ring (bicyclic) bond motifs is 4. The Balaban J connectivity index is 1.33. The van der Waals surface area contributed by atoms with E-state index in [-0.39, 0.29) is 5.25 Å². The van der Waals surface area contributed by atoms with Gasteiger partial charge in [-0.1, -0.05) is 89.2 Å². The largest absolute Gasteiger partial charge is 0.497 e. The van der Waals surface area contributed by atoms with Crippen LogP contribution in [0.3, 0.4) is 0 Å². The predicted molar refractivity (Wildman–Crippen MR) is 188 cm³/mol. The number of methoxy groups -OCH3 is 1. The summed E-state index contributed by atoms with van der Waals surface area (Å²) < 4.78 is 5.45. The third-order valence-corrected chi connectivity index (χ3v) is 10.9. The molecule has 0 amide bonds. The van der Waals surface area contributed by atoms with Gasteiger partial charge in [-0.25, -0.2) is 4.98 Å². The van der Waals surface area contributed by atoms with Crippen LogP contribution < -0.4 is 9.64 Å². The number of pyridine rings is 1. The van der Waals surface area contributed by atoms with Crippen LogP contribution in [0.1, 0.15) is 28.4 Å². The van der Waals surface area contributed by atoms with Gasteiger partial charge in [0.25, 0.3) is 0 Å². The van der Waals surface area contributed by atoms with Crippen LogP contribution in [0.15, 0.2) is 153 Å². The zero-order chi connectivity index (χ0) is 31.1. The van der Waals surface area contributed by atoms with E-state index in [9.17, 15) is 0 Å². The number of nitrogens with zero attached hydrogens (tertiary/aromatic N) is 3. The van der Waals surface area contributed by atoms with E-state index in [0.29, 0.717) is 11.4 Å². The molecule has 5 nitrogen and oxygen atoms in total. The normalized spacial score (nSPS) is 18.7. The molecule has 2 atom stereocenters. The molecule has 2 aliphatic heterocycles. The lowest BCUT2D eigenvalue weighted by Crippen LogP contribution is -2.47. The van der Waals surface area contributed by atoms with Crippen LogP contribution in [-0.2, 0) is 10.6 Å². The Kier molecular flexibility index (Phi) is 7.61. The van der Waals surface area contributed by atoms with E-state index < -0.39 is 5.72 Å². The molecule has 0 bridgehead atoms. The van der Waals surface area contributed by atoms with Crippen molar-refractivity contribution < 1.29 is 9.57 Å². The zero-order valence-electron chi connectivity index (χ0n) is 24.8. The molecule has 2 aliphatic rings.